The first-order valence-corrected chi connectivity index (χ1v) is 20.8. The van der Waals surface area contributed by atoms with Gasteiger partial charge in [0.1, 0.15) is 11.2 Å². The van der Waals surface area contributed by atoms with Crippen LogP contribution in [0.3, 0.4) is 0 Å². The molecule has 0 atom stereocenters. The number of hydrogen-bond donors (Lipinski definition) is 0. The van der Waals surface area contributed by atoms with E-state index in [1.165, 1.54) is 70.1 Å². The lowest BCUT2D eigenvalue weighted by Gasteiger charge is -2.28. The summed E-state index contributed by atoms with van der Waals surface area (Å²) in [5.41, 5.74) is 15.3. The van der Waals surface area contributed by atoms with Gasteiger partial charge in [-0.1, -0.05) is 153 Å². The van der Waals surface area contributed by atoms with Crippen LogP contribution >= 0.6 is 11.3 Å². The molecule has 58 heavy (non-hydrogen) atoms. The van der Waals surface area contributed by atoms with Gasteiger partial charge in [-0.15, -0.1) is 11.3 Å². The lowest BCUT2D eigenvalue weighted by atomic mass is 9.82. The Morgan fingerprint density at radius 2 is 1.12 bits per heavy atom. The summed E-state index contributed by atoms with van der Waals surface area (Å²) in [6.45, 7) is 4.70. The maximum atomic E-state index is 6.94. The maximum Gasteiger partial charge on any atom is 0.143 e. The topological polar surface area (TPSA) is 16.4 Å². The fraction of sp³-hybridized carbons (Fsp3) is 0.0545. The standard InChI is InChI=1S/C55H37NOS/c1-55(2)46-26-12-11-21-39(46)40-31-30-36(32-47(40)55)56(35-18-7-4-8-19-35)48-27-15-28-49-52(48)45-33-44(38-20-9-10-22-41(38)53(45)57-49)42-24-13-25-43-51-37(34-16-5-3-6-17-34)23-14-29-50(51)58-54(42)43/h3-33H,1-2H3. The van der Waals surface area contributed by atoms with Gasteiger partial charge in [-0.2, -0.15) is 0 Å². The number of thiophene rings is 1. The predicted molar refractivity (Wildman–Crippen MR) is 247 cm³/mol. The Balaban J connectivity index is 1.12. The SMILES string of the molecule is CC1(C)c2ccccc2-c2ccc(N(c3ccccc3)c3cccc4oc5c6ccccc6c(-c6cccc7c6sc6cccc(-c8ccccc8)c67)cc5c34)cc21. The van der Waals surface area contributed by atoms with E-state index in [4.69, 9.17) is 4.42 Å². The van der Waals surface area contributed by atoms with Gasteiger partial charge in [0.15, 0.2) is 0 Å². The molecule has 0 N–H and O–H groups in total. The number of furan rings is 1. The minimum Gasteiger partial charge on any atom is -0.455 e. The molecule has 2 heterocycles. The van der Waals surface area contributed by atoms with E-state index in [2.05, 4.69) is 207 Å². The fourth-order valence-electron chi connectivity index (χ4n) is 9.79. The molecule has 12 rings (SSSR count). The van der Waals surface area contributed by atoms with Crippen molar-refractivity contribution >= 4 is 81.3 Å². The van der Waals surface area contributed by atoms with Gasteiger partial charge in [-0.05, 0) is 92.9 Å². The van der Waals surface area contributed by atoms with E-state index >= 15 is 0 Å². The Hall–Kier alpha value is -6.94. The second-order valence-electron chi connectivity index (χ2n) is 16.0. The molecule has 11 aromatic rings. The zero-order valence-electron chi connectivity index (χ0n) is 32.2. The van der Waals surface area contributed by atoms with Crippen molar-refractivity contribution in [2.75, 3.05) is 4.90 Å². The number of anilines is 3. The van der Waals surface area contributed by atoms with Gasteiger partial charge in [-0.25, -0.2) is 0 Å². The molecule has 0 fully saturated rings. The second-order valence-corrected chi connectivity index (χ2v) is 17.1. The summed E-state index contributed by atoms with van der Waals surface area (Å²) in [5.74, 6) is 0. The van der Waals surface area contributed by atoms with E-state index in [-0.39, 0.29) is 5.41 Å². The van der Waals surface area contributed by atoms with Crippen molar-refractivity contribution in [2.45, 2.75) is 19.3 Å². The molecule has 1 aliphatic rings. The normalized spacial score (nSPS) is 13.1. The van der Waals surface area contributed by atoms with Crippen LogP contribution in [0.15, 0.2) is 192 Å². The van der Waals surface area contributed by atoms with Crippen LogP contribution in [0.25, 0.3) is 86.3 Å². The molecule has 0 amide bonds. The largest absolute Gasteiger partial charge is 0.455 e. The average Bonchev–Trinajstić information content (AvgIpc) is 3.92. The van der Waals surface area contributed by atoms with Crippen molar-refractivity contribution in [1.29, 1.82) is 0 Å². The van der Waals surface area contributed by atoms with Crippen LogP contribution in [0.5, 0.6) is 0 Å². The van der Waals surface area contributed by atoms with Crippen molar-refractivity contribution in [1.82, 2.24) is 0 Å². The Morgan fingerprint density at radius 1 is 0.448 bits per heavy atom. The monoisotopic (exact) mass is 759 g/mol. The molecule has 274 valence electrons. The summed E-state index contributed by atoms with van der Waals surface area (Å²) >= 11 is 1.89. The molecule has 0 bridgehead atoms. The molecule has 0 saturated heterocycles. The second kappa shape index (κ2) is 12.5. The molecule has 3 heteroatoms. The quantitative estimate of drug-likeness (QED) is 0.174. The zero-order chi connectivity index (χ0) is 38.5. The van der Waals surface area contributed by atoms with Crippen LogP contribution in [0, 0.1) is 0 Å². The van der Waals surface area contributed by atoms with Gasteiger partial charge < -0.3 is 9.32 Å². The lowest BCUT2D eigenvalue weighted by molar-refractivity contribution is 0.660. The maximum absolute atomic E-state index is 6.94. The van der Waals surface area contributed by atoms with Crippen molar-refractivity contribution in [3.05, 3.63) is 199 Å². The van der Waals surface area contributed by atoms with E-state index in [9.17, 15) is 0 Å². The van der Waals surface area contributed by atoms with Gasteiger partial charge in [0.2, 0.25) is 0 Å². The molecule has 0 saturated carbocycles. The van der Waals surface area contributed by atoms with Crippen LogP contribution in [-0.4, -0.2) is 0 Å². The number of para-hydroxylation sites is 1. The van der Waals surface area contributed by atoms with Crippen LogP contribution in [0.1, 0.15) is 25.0 Å². The lowest BCUT2D eigenvalue weighted by Crippen LogP contribution is -2.16. The summed E-state index contributed by atoms with van der Waals surface area (Å²) in [5, 5.41) is 7.11. The minimum atomic E-state index is -0.123. The first-order valence-electron chi connectivity index (χ1n) is 20.0. The summed E-state index contributed by atoms with van der Waals surface area (Å²) in [6.07, 6.45) is 0. The summed E-state index contributed by atoms with van der Waals surface area (Å²) in [4.78, 5) is 2.42. The molecule has 1 aliphatic carbocycles. The third kappa shape index (κ3) is 4.77. The van der Waals surface area contributed by atoms with Gasteiger partial charge in [0.25, 0.3) is 0 Å². The molecule has 0 spiro atoms. The smallest absolute Gasteiger partial charge is 0.143 e. The highest BCUT2D eigenvalue weighted by Gasteiger charge is 2.36. The van der Waals surface area contributed by atoms with E-state index in [0.29, 0.717) is 0 Å². The first-order chi connectivity index (χ1) is 28.5. The first kappa shape index (κ1) is 33.2. The third-order valence-corrected chi connectivity index (χ3v) is 13.7. The van der Waals surface area contributed by atoms with E-state index in [1.807, 2.05) is 11.3 Å². The Morgan fingerprint density at radius 3 is 1.98 bits per heavy atom. The summed E-state index contributed by atoms with van der Waals surface area (Å²) < 4.78 is 9.54. The highest BCUT2D eigenvalue weighted by atomic mass is 32.1. The third-order valence-electron chi connectivity index (χ3n) is 12.5. The molecule has 0 aliphatic heterocycles. The van der Waals surface area contributed by atoms with Crippen LogP contribution in [-0.2, 0) is 5.41 Å². The van der Waals surface area contributed by atoms with E-state index < -0.39 is 0 Å². The molecule has 2 nitrogen and oxygen atoms in total. The van der Waals surface area contributed by atoms with Crippen molar-refractivity contribution < 1.29 is 4.42 Å². The Labute approximate surface area is 340 Å². The highest BCUT2D eigenvalue weighted by molar-refractivity contribution is 7.26. The van der Waals surface area contributed by atoms with Crippen molar-refractivity contribution in [3.8, 4) is 33.4 Å². The number of rotatable bonds is 5. The number of nitrogens with zero attached hydrogens (tertiary/aromatic N) is 1. The van der Waals surface area contributed by atoms with Gasteiger partial charge in [0.05, 0.1) is 11.1 Å². The fourth-order valence-corrected chi connectivity index (χ4v) is 11.0. The summed E-state index contributed by atoms with van der Waals surface area (Å²) in [7, 11) is 0. The molecular formula is C55H37NOS. The number of hydrogen-bond acceptors (Lipinski definition) is 3. The van der Waals surface area contributed by atoms with E-state index in [0.717, 1.165) is 44.4 Å². The number of fused-ring (bicyclic) bond motifs is 11. The van der Waals surface area contributed by atoms with Gasteiger partial charge in [0, 0.05) is 53.3 Å². The van der Waals surface area contributed by atoms with Crippen molar-refractivity contribution in [2.24, 2.45) is 0 Å². The van der Waals surface area contributed by atoms with Crippen molar-refractivity contribution in [3.63, 3.8) is 0 Å². The number of benzene rings is 9. The Bertz CT molecular complexity index is 3430. The van der Waals surface area contributed by atoms with Crippen LogP contribution in [0.2, 0.25) is 0 Å². The molecule has 2 aromatic heterocycles. The van der Waals surface area contributed by atoms with Gasteiger partial charge in [-0.3, -0.25) is 0 Å². The molecule has 0 unspecified atom stereocenters. The van der Waals surface area contributed by atoms with Crippen LogP contribution < -0.4 is 4.90 Å². The molecule has 0 radical (unpaired) electrons. The van der Waals surface area contributed by atoms with Gasteiger partial charge >= 0.3 is 0 Å². The zero-order valence-corrected chi connectivity index (χ0v) is 33.0. The van der Waals surface area contributed by atoms with E-state index in [1.54, 1.807) is 0 Å². The average molecular weight is 760 g/mol. The predicted octanol–water partition coefficient (Wildman–Crippen LogP) is 16.2. The highest BCUT2D eigenvalue weighted by Crippen LogP contribution is 2.53. The molecular weight excluding hydrogens is 723 g/mol. The summed E-state index contributed by atoms with van der Waals surface area (Å²) in [6, 6.07) is 68.6. The molecule has 9 aromatic carbocycles. The van der Waals surface area contributed by atoms with Crippen LogP contribution in [0.4, 0.5) is 17.1 Å². The minimum absolute atomic E-state index is 0.123. The Kier molecular flexibility index (Phi) is 7.18.